The quantitative estimate of drug-likeness (QED) is 0.776. The Bertz CT molecular complexity index is 519. The Labute approximate surface area is 126 Å². The second kappa shape index (κ2) is 6.17. The Morgan fingerprint density at radius 1 is 1.22 bits per heavy atom. The van der Waals surface area contributed by atoms with Gasteiger partial charge in [0.1, 0.15) is 6.10 Å². The van der Waals surface area contributed by atoms with Crippen LogP contribution in [0.15, 0.2) is 35.7 Å². The molecule has 0 aliphatic rings. The molecule has 0 radical (unpaired) electrons. The van der Waals surface area contributed by atoms with Crippen molar-refractivity contribution in [3.8, 4) is 0 Å². The molecule has 0 bridgehead atoms. The fourth-order valence-electron chi connectivity index (χ4n) is 2.02. The van der Waals surface area contributed by atoms with Gasteiger partial charge in [0, 0.05) is 0 Å². The first kappa shape index (κ1) is 14.0. The number of aliphatic hydroxyl groups is 1. The van der Waals surface area contributed by atoms with Crippen molar-refractivity contribution in [2.24, 2.45) is 5.92 Å². The molecule has 1 unspecified atom stereocenters. The molecule has 1 aromatic heterocycles. The molecule has 0 saturated carbocycles. The molecule has 0 aliphatic heterocycles. The molecule has 0 amide bonds. The third-order valence-corrected chi connectivity index (χ3v) is 4.62. The van der Waals surface area contributed by atoms with Crippen LogP contribution in [-0.4, -0.2) is 5.11 Å². The van der Waals surface area contributed by atoms with Crippen molar-refractivity contribution in [1.29, 1.82) is 0 Å². The summed E-state index contributed by atoms with van der Waals surface area (Å²) in [6.07, 6.45) is 0.554. The van der Waals surface area contributed by atoms with Crippen LogP contribution in [0.25, 0.3) is 0 Å². The van der Waals surface area contributed by atoms with Crippen molar-refractivity contribution in [2.45, 2.75) is 26.4 Å². The minimum absolute atomic E-state index is 0.503. The van der Waals surface area contributed by atoms with Crippen LogP contribution >= 0.6 is 33.9 Å². The largest absolute Gasteiger partial charge is 0.384 e. The number of rotatable bonds is 4. The molecule has 0 spiro atoms. The van der Waals surface area contributed by atoms with Crippen molar-refractivity contribution in [3.63, 3.8) is 0 Å². The molecular formula is C15H17IOS. The Balaban J connectivity index is 2.22. The van der Waals surface area contributed by atoms with Crippen LogP contribution in [0.4, 0.5) is 0 Å². The Kier molecular flexibility index (Phi) is 4.81. The Hall–Kier alpha value is -0.390. The van der Waals surface area contributed by atoms with Crippen LogP contribution in [0.2, 0.25) is 0 Å². The van der Waals surface area contributed by atoms with Crippen LogP contribution in [0.5, 0.6) is 0 Å². The van der Waals surface area contributed by atoms with E-state index in [1.807, 2.05) is 23.6 Å². The highest BCUT2D eigenvalue weighted by atomic mass is 127. The predicted molar refractivity (Wildman–Crippen MR) is 86.1 cm³/mol. The van der Waals surface area contributed by atoms with E-state index in [1.54, 1.807) is 11.3 Å². The van der Waals surface area contributed by atoms with Gasteiger partial charge in [-0.05, 0) is 63.1 Å². The zero-order valence-corrected chi connectivity index (χ0v) is 13.5. The zero-order chi connectivity index (χ0) is 13.1. The molecule has 0 saturated heterocycles. The first-order valence-corrected chi connectivity index (χ1v) is 8.03. The fourth-order valence-corrected chi connectivity index (χ4v) is 3.41. The number of hydrogen-bond acceptors (Lipinski definition) is 2. The topological polar surface area (TPSA) is 20.2 Å². The standard InChI is InChI=1S/C15H17IOS/c1-10(2)6-11-4-3-5-12(7-11)15(17)13-8-14(16)18-9-13/h3-5,7-10,15,17H,6H2,1-2H3. The van der Waals surface area contributed by atoms with Gasteiger partial charge in [0.05, 0.1) is 2.88 Å². The molecule has 3 heteroatoms. The van der Waals surface area contributed by atoms with E-state index in [4.69, 9.17) is 0 Å². The number of thiophene rings is 1. The summed E-state index contributed by atoms with van der Waals surface area (Å²) in [6.45, 7) is 4.43. The van der Waals surface area contributed by atoms with Crippen LogP contribution in [0, 0.1) is 8.80 Å². The smallest absolute Gasteiger partial charge is 0.105 e. The van der Waals surface area contributed by atoms with Crippen molar-refractivity contribution < 1.29 is 5.11 Å². The fraction of sp³-hybridized carbons (Fsp3) is 0.333. The van der Waals surface area contributed by atoms with Gasteiger partial charge in [-0.3, -0.25) is 0 Å². The van der Waals surface area contributed by atoms with Gasteiger partial charge in [-0.2, -0.15) is 0 Å². The van der Waals surface area contributed by atoms with E-state index in [9.17, 15) is 5.11 Å². The molecule has 1 nitrogen and oxygen atoms in total. The second-order valence-corrected chi connectivity index (χ2v) is 7.74. The molecule has 96 valence electrons. The Morgan fingerprint density at radius 3 is 2.61 bits per heavy atom. The van der Waals surface area contributed by atoms with Gasteiger partial charge in [0.25, 0.3) is 0 Å². The van der Waals surface area contributed by atoms with Crippen molar-refractivity contribution in [3.05, 3.63) is 55.3 Å². The molecule has 18 heavy (non-hydrogen) atoms. The first-order valence-electron chi connectivity index (χ1n) is 6.07. The van der Waals surface area contributed by atoms with E-state index >= 15 is 0 Å². The molecule has 1 aromatic carbocycles. The highest BCUT2D eigenvalue weighted by molar-refractivity contribution is 14.1. The van der Waals surface area contributed by atoms with Gasteiger partial charge in [-0.25, -0.2) is 0 Å². The van der Waals surface area contributed by atoms with Gasteiger partial charge in [0.15, 0.2) is 0 Å². The van der Waals surface area contributed by atoms with E-state index in [0.717, 1.165) is 17.5 Å². The highest BCUT2D eigenvalue weighted by Gasteiger charge is 2.12. The van der Waals surface area contributed by atoms with E-state index in [0.29, 0.717) is 5.92 Å². The molecule has 0 aliphatic carbocycles. The summed E-state index contributed by atoms with van der Waals surface area (Å²) in [5.74, 6) is 0.638. The molecule has 2 rings (SSSR count). The van der Waals surface area contributed by atoms with E-state index < -0.39 is 6.10 Å². The lowest BCUT2D eigenvalue weighted by Gasteiger charge is -2.12. The monoisotopic (exact) mass is 372 g/mol. The number of benzene rings is 1. The molecule has 1 N–H and O–H groups in total. The van der Waals surface area contributed by atoms with Crippen molar-refractivity contribution in [1.82, 2.24) is 0 Å². The summed E-state index contributed by atoms with van der Waals surface area (Å²) in [7, 11) is 0. The van der Waals surface area contributed by atoms with Crippen molar-refractivity contribution in [2.75, 3.05) is 0 Å². The molecule has 0 fully saturated rings. The van der Waals surface area contributed by atoms with Crippen LogP contribution < -0.4 is 0 Å². The van der Waals surface area contributed by atoms with Gasteiger partial charge >= 0.3 is 0 Å². The molecule has 1 heterocycles. The maximum Gasteiger partial charge on any atom is 0.105 e. The lowest BCUT2D eigenvalue weighted by molar-refractivity contribution is 0.220. The minimum Gasteiger partial charge on any atom is -0.384 e. The minimum atomic E-state index is -0.503. The molecular weight excluding hydrogens is 355 g/mol. The lowest BCUT2D eigenvalue weighted by Crippen LogP contribution is -2.00. The van der Waals surface area contributed by atoms with E-state index in [1.165, 1.54) is 8.45 Å². The average Bonchev–Trinajstić information content (AvgIpc) is 2.74. The highest BCUT2D eigenvalue weighted by Crippen LogP contribution is 2.28. The van der Waals surface area contributed by atoms with Crippen LogP contribution in [-0.2, 0) is 6.42 Å². The normalized spacial score (nSPS) is 12.9. The summed E-state index contributed by atoms with van der Waals surface area (Å²) in [6, 6.07) is 10.3. The van der Waals surface area contributed by atoms with Gasteiger partial charge in [-0.15, -0.1) is 11.3 Å². The third-order valence-electron chi connectivity index (χ3n) is 2.81. The van der Waals surface area contributed by atoms with E-state index in [2.05, 4.69) is 48.6 Å². The number of hydrogen-bond donors (Lipinski definition) is 1. The van der Waals surface area contributed by atoms with E-state index in [-0.39, 0.29) is 0 Å². The summed E-state index contributed by atoms with van der Waals surface area (Å²) >= 11 is 3.95. The number of halogens is 1. The van der Waals surface area contributed by atoms with Gasteiger partial charge in [0.2, 0.25) is 0 Å². The lowest BCUT2D eigenvalue weighted by atomic mass is 9.97. The van der Waals surface area contributed by atoms with Crippen molar-refractivity contribution >= 4 is 33.9 Å². The zero-order valence-electron chi connectivity index (χ0n) is 10.6. The first-order chi connectivity index (χ1) is 8.56. The SMILES string of the molecule is CC(C)Cc1cccc(C(O)c2csc(I)c2)c1. The molecule has 1 atom stereocenters. The number of aliphatic hydroxyl groups excluding tert-OH is 1. The van der Waals surface area contributed by atoms with Gasteiger partial charge < -0.3 is 5.11 Å². The Morgan fingerprint density at radius 2 is 2.00 bits per heavy atom. The predicted octanol–water partition coefficient (Wildman–Crippen LogP) is 4.63. The summed E-state index contributed by atoms with van der Waals surface area (Å²) < 4.78 is 1.21. The summed E-state index contributed by atoms with van der Waals surface area (Å²) in [4.78, 5) is 0. The second-order valence-electron chi connectivity index (χ2n) is 4.93. The van der Waals surface area contributed by atoms with Crippen LogP contribution in [0.1, 0.15) is 36.6 Å². The maximum absolute atomic E-state index is 10.4. The summed E-state index contributed by atoms with van der Waals surface area (Å²) in [5.41, 5.74) is 3.28. The average molecular weight is 372 g/mol. The van der Waals surface area contributed by atoms with Gasteiger partial charge in [-0.1, -0.05) is 38.1 Å². The maximum atomic E-state index is 10.4. The summed E-state index contributed by atoms with van der Waals surface area (Å²) in [5, 5.41) is 12.4. The third kappa shape index (κ3) is 3.56. The molecule has 2 aromatic rings. The van der Waals surface area contributed by atoms with Crippen LogP contribution in [0.3, 0.4) is 0 Å².